The predicted molar refractivity (Wildman–Crippen MR) is 127 cm³/mol. The standard InChI is InChI=1S/C25H19FN4O3S/c1-3-14-34-25-27-23-22(28-29-25)18-6-4-5-7-19(18)30(15(2)31)24(33-23)21-13-12-20(32-21)16-8-10-17(26)11-9-16/h3-13,24H,1,14H2,2H3/t24-/m1/s1. The fraction of sp³-hybridized carbons (Fsp3) is 0.120. The minimum atomic E-state index is -0.942. The highest BCUT2D eigenvalue weighted by molar-refractivity contribution is 7.99. The van der Waals surface area contributed by atoms with Crippen molar-refractivity contribution in [1.29, 1.82) is 0 Å². The Labute approximate surface area is 199 Å². The molecule has 0 spiro atoms. The Morgan fingerprint density at radius 2 is 1.94 bits per heavy atom. The Morgan fingerprint density at radius 1 is 1.15 bits per heavy atom. The van der Waals surface area contributed by atoms with E-state index in [0.29, 0.717) is 44.9 Å². The number of anilines is 1. The molecule has 7 nitrogen and oxygen atoms in total. The molecule has 3 heterocycles. The first-order valence-electron chi connectivity index (χ1n) is 10.4. The van der Waals surface area contributed by atoms with Gasteiger partial charge in [-0.25, -0.2) is 4.39 Å². The maximum atomic E-state index is 13.4. The number of ether oxygens (including phenoxy) is 1. The van der Waals surface area contributed by atoms with Gasteiger partial charge in [-0.1, -0.05) is 36.0 Å². The van der Waals surface area contributed by atoms with Gasteiger partial charge in [0.05, 0.1) is 5.69 Å². The van der Waals surface area contributed by atoms with Gasteiger partial charge < -0.3 is 9.15 Å². The number of fused-ring (bicyclic) bond motifs is 3. The van der Waals surface area contributed by atoms with Gasteiger partial charge in [-0.15, -0.1) is 16.8 Å². The summed E-state index contributed by atoms with van der Waals surface area (Å²) in [5, 5.41) is 8.99. The molecule has 2 aromatic carbocycles. The molecule has 0 N–H and O–H groups in total. The van der Waals surface area contributed by atoms with E-state index in [4.69, 9.17) is 9.15 Å². The van der Waals surface area contributed by atoms with E-state index in [1.807, 2.05) is 24.3 Å². The second-order valence-electron chi connectivity index (χ2n) is 7.43. The molecule has 5 rings (SSSR count). The molecule has 34 heavy (non-hydrogen) atoms. The number of carbonyl (C=O) groups excluding carboxylic acids is 1. The maximum absolute atomic E-state index is 13.4. The number of thioether (sulfide) groups is 1. The van der Waals surface area contributed by atoms with Gasteiger partial charge in [0, 0.05) is 23.8 Å². The maximum Gasteiger partial charge on any atom is 0.247 e. The summed E-state index contributed by atoms with van der Waals surface area (Å²) in [6, 6.07) is 16.8. The van der Waals surface area contributed by atoms with E-state index in [1.54, 1.807) is 30.3 Å². The average molecular weight is 475 g/mol. The Kier molecular flexibility index (Phi) is 5.85. The smallest absolute Gasteiger partial charge is 0.247 e. The van der Waals surface area contributed by atoms with Crippen molar-refractivity contribution >= 4 is 23.4 Å². The number of amides is 1. The predicted octanol–water partition coefficient (Wildman–Crippen LogP) is 5.66. The Morgan fingerprint density at radius 3 is 2.71 bits per heavy atom. The van der Waals surface area contributed by atoms with Gasteiger partial charge in [-0.3, -0.25) is 9.69 Å². The zero-order valence-electron chi connectivity index (χ0n) is 18.1. The number of hydrogen-bond acceptors (Lipinski definition) is 7. The van der Waals surface area contributed by atoms with Crippen LogP contribution in [0.5, 0.6) is 5.88 Å². The number of furan rings is 1. The van der Waals surface area contributed by atoms with Gasteiger partial charge in [0.1, 0.15) is 11.6 Å². The molecule has 170 valence electrons. The van der Waals surface area contributed by atoms with Crippen LogP contribution < -0.4 is 9.64 Å². The topological polar surface area (TPSA) is 81.3 Å². The number of rotatable bonds is 5. The van der Waals surface area contributed by atoms with Crippen molar-refractivity contribution in [1.82, 2.24) is 15.2 Å². The van der Waals surface area contributed by atoms with E-state index in [9.17, 15) is 9.18 Å². The highest BCUT2D eigenvalue weighted by atomic mass is 32.2. The summed E-state index contributed by atoms with van der Waals surface area (Å²) in [5.74, 6) is 1.16. The summed E-state index contributed by atoms with van der Waals surface area (Å²) in [7, 11) is 0. The second-order valence-corrected chi connectivity index (χ2v) is 8.42. The molecule has 1 aliphatic rings. The molecular weight excluding hydrogens is 455 g/mol. The van der Waals surface area contributed by atoms with Crippen LogP contribution in [0.1, 0.15) is 18.9 Å². The minimum absolute atomic E-state index is 0.238. The zero-order chi connectivity index (χ0) is 23.7. The quantitative estimate of drug-likeness (QED) is 0.273. The number of aromatic nitrogens is 3. The molecule has 1 aliphatic heterocycles. The lowest BCUT2D eigenvalue weighted by atomic mass is 10.1. The van der Waals surface area contributed by atoms with Crippen LogP contribution in [0.15, 0.2) is 82.9 Å². The van der Waals surface area contributed by atoms with Crippen LogP contribution in [-0.2, 0) is 4.79 Å². The Bertz CT molecular complexity index is 1370. The molecule has 0 saturated heterocycles. The fourth-order valence-corrected chi connectivity index (χ4v) is 4.20. The van der Waals surface area contributed by atoms with E-state index in [2.05, 4.69) is 21.8 Å². The van der Waals surface area contributed by atoms with Gasteiger partial charge in [-0.2, -0.15) is 4.98 Å². The molecule has 1 atom stereocenters. The lowest BCUT2D eigenvalue weighted by Crippen LogP contribution is -2.35. The molecule has 0 unspecified atom stereocenters. The monoisotopic (exact) mass is 474 g/mol. The first-order valence-corrected chi connectivity index (χ1v) is 11.4. The fourth-order valence-electron chi connectivity index (χ4n) is 3.69. The molecule has 2 aromatic heterocycles. The van der Waals surface area contributed by atoms with E-state index in [0.717, 1.165) is 0 Å². The molecule has 1 amide bonds. The van der Waals surface area contributed by atoms with Crippen molar-refractivity contribution in [3.05, 3.63) is 84.9 Å². The number of nitrogens with zero attached hydrogens (tertiary/aromatic N) is 4. The first-order chi connectivity index (χ1) is 16.5. The summed E-state index contributed by atoms with van der Waals surface area (Å²) in [6.45, 7) is 5.17. The Hall–Kier alpha value is -3.98. The van der Waals surface area contributed by atoms with Crippen molar-refractivity contribution in [2.75, 3.05) is 10.7 Å². The van der Waals surface area contributed by atoms with E-state index in [-0.39, 0.29) is 17.6 Å². The number of benzene rings is 2. The summed E-state index contributed by atoms with van der Waals surface area (Å²) in [4.78, 5) is 18.9. The van der Waals surface area contributed by atoms with Crippen molar-refractivity contribution in [3.8, 4) is 28.5 Å². The lowest BCUT2D eigenvalue weighted by Gasteiger charge is -2.28. The highest BCUT2D eigenvalue weighted by Gasteiger charge is 2.36. The number of para-hydroxylation sites is 1. The number of carbonyl (C=O) groups is 1. The molecule has 4 aromatic rings. The third-order valence-corrected chi connectivity index (χ3v) is 6.01. The van der Waals surface area contributed by atoms with Crippen LogP contribution >= 0.6 is 11.8 Å². The number of halogens is 1. The van der Waals surface area contributed by atoms with Crippen LogP contribution in [0.4, 0.5) is 10.1 Å². The SMILES string of the molecule is C=CCSc1nnc2c(n1)O[C@H](c1ccc(-c3ccc(F)cc3)o1)N(C(C)=O)c1ccccc1-2. The summed E-state index contributed by atoms with van der Waals surface area (Å²) in [5.41, 5.74) is 2.39. The molecule has 0 bridgehead atoms. The summed E-state index contributed by atoms with van der Waals surface area (Å²) in [6.07, 6.45) is 0.804. The molecule has 0 radical (unpaired) electrons. The molecule has 0 fully saturated rings. The third kappa shape index (κ3) is 4.06. The number of hydrogen-bond donors (Lipinski definition) is 0. The zero-order valence-corrected chi connectivity index (χ0v) is 19.0. The normalized spacial score (nSPS) is 14.5. The van der Waals surface area contributed by atoms with E-state index in [1.165, 1.54) is 35.7 Å². The van der Waals surface area contributed by atoms with Gasteiger partial charge in [-0.05, 0) is 42.5 Å². The largest absolute Gasteiger partial charge is 0.455 e. The summed E-state index contributed by atoms with van der Waals surface area (Å²) >= 11 is 1.37. The van der Waals surface area contributed by atoms with Gasteiger partial charge in [0.25, 0.3) is 0 Å². The van der Waals surface area contributed by atoms with Crippen LogP contribution in [0, 0.1) is 5.82 Å². The van der Waals surface area contributed by atoms with Crippen molar-refractivity contribution in [2.24, 2.45) is 0 Å². The van der Waals surface area contributed by atoms with E-state index >= 15 is 0 Å². The van der Waals surface area contributed by atoms with Gasteiger partial charge >= 0.3 is 0 Å². The molecular formula is C25H19FN4O3S. The minimum Gasteiger partial charge on any atom is -0.455 e. The summed E-state index contributed by atoms with van der Waals surface area (Å²) < 4.78 is 25.7. The van der Waals surface area contributed by atoms with Crippen LogP contribution in [0.3, 0.4) is 0 Å². The third-order valence-electron chi connectivity index (χ3n) is 5.18. The molecule has 0 aliphatic carbocycles. The molecule has 9 heteroatoms. The second kappa shape index (κ2) is 9.11. The molecule has 0 saturated carbocycles. The van der Waals surface area contributed by atoms with Crippen molar-refractivity contribution < 1.29 is 18.3 Å². The average Bonchev–Trinajstić information content (AvgIpc) is 3.28. The first kappa shape index (κ1) is 21.8. The highest BCUT2D eigenvalue weighted by Crippen LogP contribution is 2.44. The van der Waals surface area contributed by atoms with Crippen LogP contribution in [0.25, 0.3) is 22.6 Å². The lowest BCUT2D eigenvalue weighted by molar-refractivity contribution is -0.118. The van der Waals surface area contributed by atoms with Crippen LogP contribution in [-0.4, -0.2) is 26.8 Å². The Balaban J connectivity index is 1.63. The van der Waals surface area contributed by atoms with Crippen molar-refractivity contribution in [2.45, 2.75) is 18.3 Å². The van der Waals surface area contributed by atoms with Crippen LogP contribution in [0.2, 0.25) is 0 Å². The van der Waals surface area contributed by atoms with Gasteiger partial charge in [0.2, 0.25) is 23.2 Å². The van der Waals surface area contributed by atoms with E-state index < -0.39 is 6.23 Å². The van der Waals surface area contributed by atoms with Gasteiger partial charge in [0.15, 0.2) is 11.5 Å². The van der Waals surface area contributed by atoms with Crippen molar-refractivity contribution in [3.63, 3.8) is 0 Å².